The highest BCUT2D eigenvalue weighted by Gasteiger charge is 2.34. The fraction of sp³-hybridized carbons (Fsp3) is 0.227. The summed E-state index contributed by atoms with van der Waals surface area (Å²) in [6, 6.07) is 17.6. The molecule has 29 heavy (non-hydrogen) atoms. The second-order valence-corrected chi connectivity index (χ2v) is 6.80. The minimum absolute atomic E-state index is 0.0888. The monoisotopic (exact) mass is 391 g/mol. The van der Waals surface area contributed by atoms with Crippen molar-refractivity contribution < 1.29 is 14.3 Å². The topological polar surface area (TPSA) is 73.7 Å². The highest BCUT2D eigenvalue weighted by molar-refractivity contribution is 5.95. The van der Waals surface area contributed by atoms with Gasteiger partial charge in [0.25, 0.3) is 11.5 Å². The van der Waals surface area contributed by atoms with Crippen LogP contribution in [0.1, 0.15) is 16.4 Å². The van der Waals surface area contributed by atoms with Crippen molar-refractivity contribution in [2.75, 3.05) is 27.3 Å². The van der Waals surface area contributed by atoms with E-state index in [1.54, 1.807) is 49.5 Å². The zero-order chi connectivity index (χ0) is 20.4. The van der Waals surface area contributed by atoms with Gasteiger partial charge in [-0.2, -0.15) is 5.10 Å². The van der Waals surface area contributed by atoms with E-state index in [4.69, 9.17) is 9.47 Å². The Bertz CT molecular complexity index is 1100. The number of hydrogen-bond donors (Lipinski definition) is 0. The maximum Gasteiger partial charge on any atom is 0.267 e. The number of benzene rings is 2. The normalized spacial score (nSPS) is 13.7. The molecule has 2 aromatic carbocycles. The van der Waals surface area contributed by atoms with E-state index in [9.17, 15) is 9.59 Å². The van der Waals surface area contributed by atoms with Crippen LogP contribution in [0.15, 0.2) is 65.5 Å². The molecule has 148 valence electrons. The molecular weight excluding hydrogens is 370 g/mol. The standard InChI is InChI=1S/C22H21N3O4/c1-28-17-7-5-6-15(12-17)22(27)24-13-16(14-24)25-21(26)11-10-19(23-25)18-8-3-4-9-20(18)29-2/h3-12,16H,13-14H2,1-2H3. The molecule has 1 aliphatic heterocycles. The van der Waals surface area contributed by atoms with Crippen molar-refractivity contribution in [2.24, 2.45) is 0 Å². The van der Waals surface area contributed by atoms with E-state index in [1.165, 1.54) is 10.7 Å². The van der Waals surface area contributed by atoms with E-state index < -0.39 is 0 Å². The Kier molecular flexibility index (Phi) is 5.03. The van der Waals surface area contributed by atoms with Crippen LogP contribution in [-0.4, -0.2) is 47.9 Å². The molecule has 2 heterocycles. The van der Waals surface area contributed by atoms with Crippen LogP contribution in [0, 0.1) is 0 Å². The summed E-state index contributed by atoms with van der Waals surface area (Å²) in [5.41, 5.74) is 1.83. The van der Waals surface area contributed by atoms with Crippen molar-refractivity contribution in [1.82, 2.24) is 14.7 Å². The third-order valence-electron chi connectivity index (χ3n) is 5.02. The molecular formula is C22H21N3O4. The Hall–Kier alpha value is -3.61. The quantitative estimate of drug-likeness (QED) is 0.669. The molecule has 0 N–H and O–H groups in total. The summed E-state index contributed by atoms with van der Waals surface area (Å²) in [5.74, 6) is 1.23. The number of nitrogens with zero attached hydrogens (tertiary/aromatic N) is 3. The average molecular weight is 391 g/mol. The number of methoxy groups -OCH3 is 2. The van der Waals surface area contributed by atoms with Gasteiger partial charge in [-0.15, -0.1) is 0 Å². The van der Waals surface area contributed by atoms with E-state index in [-0.39, 0.29) is 17.5 Å². The van der Waals surface area contributed by atoms with Crippen LogP contribution in [0.25, 0.3) is 11.3 Å². The zero-order valence-corrected chi connectivity index (χ0v) is 16.2. The average Bonchev–Trinajstić information content (AvgIpc) is 2.74. The summed E-state index contributed by atoms with van der Waals surface area (Å²) >= 11 is 0. The lowest BCUT2D eigenvalue weighted by molar-refractivity contribution is 0.0493. The number of ether oxygens (including phenoxy) is 2. The van der Waals surface area contributed by atoms with Gasteiger partial charge in [0, 0.05) is 30.3 Å². The number of carbonyl (C=O) groups excluding carboxylic acids is 1. The summed E-state index contributed by atoms with van der Waals surface area (Å²) in [6.07, 6.45) is 0. The minimum atomic E-state index is -0.192. The Labute approximate surface area is 168 Å². The van der Waals surface area contributed by atoms with Crippen molar-refractivity contribution in [2.45, 2.75) is 6.04 Å². The van der Waals surface area contributed by atoms with E-state index in [2.05, 4.69) is 5.10 Å². The van der Waals surface area contributed by atoms with Crippen LogP contribution in [-0.2, 0) is 0 Å². The first-order chi connectivity index (χ1) is 14.1. The molecule has 0 atom stereocenters. The first-order valence-electron chi connectivity index (χ1n) is 9.27. The summed E-state index contributed by atoms with van der Waals surface area (Å²) in [4.78, 5) is 26.7. The molecule has 0 saturated carbocycles. The van der Waals surface area contributed by atoms with Gasteiger partial charge >= 0.3 is 0 Å². The van der Waals surface area contributed by atoms with Gasteiger partial charge in [-0.05, 0) is 36.4 Å². The minimum Gasteiger partial charge on any atom is -0.497 e. The molecule has 1 aromatic heterocycles. The molecule has 3 aromatic rings. The van der Waals surface area contributed by atoms with E-state index in [1.807, 2.05) is 24.3 Å². The molecule has 1 fully saturated rings. The molecule has 4 rings (SSSR count). The number of amides is 1. The van der Waals surface area contributed by atoms with Crippen LogP contribution in [0.5, 0.6) is 11.5 Å². The van der Waals surface area contributed by atoms with Gasteiger partial charge in [-0.25, -0.2) is 4.68 Å². The van der Waals surface area contributed by atoms with Gasteiger partial charge in [0.05, 0.1) is 26.0 Å². The lowest BCUT2D eigenvalue weighted by atomic mass is 10.1. The summed E-state index contributed by atoms with van der Waals surface area (Å²) in [5, 5.41) is 4.53. The highest BCUT2D eigenvalue weighted by Crippen LogP contribution is 2.28. The molecule has 1 saturated heterocycles. The van der Waals surface area contributed by atoms with Crippen LogP contribution in [0.3, 0.4) is 0 Å². The maximum atomic E-state index is 12.7. The largest absolute Gasteiger partial charge is 0.497 e. The van der Waals surface area contributed by atoms with Gasteiger partial charge in [0.1, 0.15) is 11.5 Å². The Balaban J connectivity index is 1.53. The number of likely N-dealkylation sites (tertiary alicyclic amines) is 1. The lowest BCUT2D eigenvalue weighted by Gasteiger charge is -2.39. The van der Waals surface area contributed by atoms with Crippen molar-refractivity contribution in [3.8, 4) is 22.8 Å². The number of rotatable bonds is 5. The predicted molar refractivity (Wildman–Crippen MR) is 108 cm³/mol. The first-order valence-corrected chi connectivity index (χ1v) is 9.27. The van der Waals surface area contributed by atoms with Crippen molar-refractivity contribution >= 4 is 5.91 Å². The number of carbonyl (C=O) groups is 1. The van der Waals surface area contributed by atoms with Gasteiger partial charge in [-0.1, -0.05) is 18.2 Å². The first kappa shape index (κ1) is 18.7. The molecule has 0 aliphatic carbocycles. The van der Waals surface area contributed by atoms with E-state index in [0.717, 1.165) is 5.56 Å². The number of hydrogen-bond acceptors (Lipinski definition) is 5. The van der Waals surface area contributed by atoms with Gasteiger partial charge < -0.3 is 14.4 Å². The SMILES string of the molecule is COc1cccc(C(=O)N2CC(n3nc(-c4ccccc4OC)ccc3=O)C2)c1. The van der Waals surface area contributed by atoms with Crippen LogP contribution < -0.4 is 15.0 Å². The lowest BCUT2D eigenvalue weighted by Crippen LogP contribution is -2.53. The molecule has 1 amide bonds. The number of aromatic nitrogens is 2. The third kappa shape index (κ3) is 3.59. The highest BCUT2D eigenvalue weighted by atomic mass is 16.5. The van der Waals surface area contributed by atoms with Crippen LogP contribution in [0.2, 0.25) is 0 Å². The van der Waals surface area contributed by atoms with Gasteiger partial charge in [-0.3, -0.25) is 9.59 Å². The third-order valence-corrected chi connectivity index (χ3v) is 5.02. The van der Waals surface area contributed by atoms with E-state index >= 15 is 0 Å². The molecule has 0 bridgehead atoms. The summed E-state index contributed by atoms with van der Waals surface area (Å²) < 4.78 is 12.0. The van der Waals surface area contributed by atoms with Crippen LogP contribution >= 0.6 is 0 Å². The van der Waals surface area contributed by atoms with Gasteiger partial charge in [0.2, 0.25) is 0 Å². The molecule has 1 aliphatic rings. The second kappa shape index (κ2) is 7.79. The maximum absolute atomic E-state index is 12.7. The van der Waals surface area contributed by atoms with E-state index in [0.29, 0.717) is 35.8 Å². The van der Waals surface area contributed by atoms with Crippen molar-refractivity contribution in [3.05, 3.63) is 76.6 Å². The molecule has 7 nitrogen and oxygen atoms in total. The fourth-order valence-corrected chi connectivity index (χ4v) is 3.40. The summed E-state index contributed by atoms with van der Waals surface area (Å²) in [7, 11) is 3.17. The van der Waals surface area contributed by atoms with Crippen molar-refractivity contribution in [3.63, 3.8) is 0 Å². The molecule has 0 spiro atoms. The van der Waals surface area contributed by atoms with Gasteiger partial charge in [0.15, 0.2) is 0 Å². The second-order valence-electron chi connectivity index (χ2n) is 6.80. The van der Waals surface area contributed by atoms with Crippen LogP contribution in [0.4, 0.5) is 0 Å². The predicted octanol–water partition coefficient (Wildman–Crippen LogP) is 2.62. The molecule has 0 unspecified atom stereocenters. The van der Waals surface area contributed by atoms with Crippen molar-refractivity contribution in [1.29, 1.82) is 0 Å². The Morgan fingerprint density at radius 2 is 1.79 bits per heavy atom. The summed E-state index contributed by atoms with van der Waals surface area (Å²) in [6.45, 7) is 0.858. The Morgan fingerprint density at radius 1 is 1.00 bits per heavy atom. The zero-order valence-electron chi connectivity index (χ0n) is 16.2. The number of para-hydroxylation sites is 1. The molecule has 7 heteroatoms. The fourth-order valence-electron chi connectivity index (χ4n) is 3.40. The Morgan fingerprint density at radius 3 is 2.55 bits per heavy atom. The molecule has 0 radical (unpaired) electrons. The smallest absolute Gasteiger partial charge is 0.267 e.